The number of hydrogen-bond donors (Lipinski definition) is 1. The van der Waals surface area contributed by atoms with Gasteiger partial charge in [0.25, 0.3) is 0 Å². The van der Waals surface area contributed by atoms with Gasteiger partial charge in [-0.1, -0.05) is 0 Å². The van der Waals surface area contributed by atoms with Crippen molar-refractivity contribution in [2.45, 2.75) is 38.3 Å². The molecule has 122 valence electrons. The largest absolute Gasteiger partial charge is 0.497 e. The maximum Gasteiger partial charge on any atom is 0.122 e. The summed E-state index contributed by atoms with van der Waals surface area (Å²) in [5.74, 6) is 2.62. The van der Waals surface area contributed by atoms with E-state index in [0.29, 0.717) is 0 Å². The van der Waals surface area contributed by atoms with Crippen LogP contribution in [0.25, 0.3) is 0 Å². The number of methoxy groups -OCH3 is 2. The number of ether oxygens (including phenoxy) is 2. The molecule has 0 radical (unpaired) electrons. The second-order valence-corrected chi connectivity index (χ2v) is 6.54. The molecule has 2 fully saturated rings. The molecule has 2 heterocycles. The van der Waals surface area contributed by atoms with Crippen molar-refractivity contribution in [3.63, 3.8) is 0 Å². The van der Waals surface area contributed by atoms with Crippen LogP contribution in [-0.4, -0.2) is 44.8 Å². The van der Waals surface area contributed by atoms with E-state index >= 15 is 0 Å². The minimum absolute atomic E-state index is 0.777. The van der Waals surface area contributed by atoms with Gasteiger partial charge < -0.3 is 14.8 Å². The highest BCUT2D eigenvalue weighted by molar-refractivity contribution is 5.38. The van der Waals surface area contributed by atoms with Gasteiger partial charge in [0.1, 0.15) is 11.5 Å². The minimum Gasteiger partial charge on any atom is -0.497 e. The average Bonchev–Trinajstić information content (AvgIpc) is 3.09. The van der Waals surface area contributed by atoms with Crippen LogP contribution >= 0.6 is 0 Å². The Bertz CT molecular complexity index is 456. The fraction of sp³-hybridized carbons (Fsp3) is 0.667. The highest BCUT2D eigenvalue weighted by atomic mass is 16.5. The first-order valence-electron chi connectivity index (χ1n) is 8.46. The van der Waals surface area contributed by atoms with Crippen LogP contribution in [0.5, 0.6) is 11.5 Å². The molecule has 1 unspecified atom stereocenters. The van der Waals surface area contributed by atoms with E-state index in [4.69, 9.17) is 9.47 Å². The zero-order valence-corrected chi connectivity index (χ0v) is 13.8. The molecule has 22 heavy (non-hydrogen) atoms. The maximum absolute atomic E-state index is 5.36. The fourth-order valence-corrected chi connectivity index (χ4v) is 3.84. The molecule has 1 atom stereocenters. The first kappa shape index (κ1) is 15.6. The Kier molecular flexibility index (Phi) is 5.21. The monoisotopic (exact) mass is 304 g/mol. The van der Waals surface area contributed by atoms with E-state index in [0.717, 1.165) is 30.0 Å². The second kappa shape index (κ2) is 7.34. The standard InChI is InChI=1S/C18H28N2O2/c1-21-16-10-14(11-17(12-16)22-2)13-20-8-5-15(6-9-20)18-4-3-7-19-18/h10-12,15,18-19H,3-9,13H2,1-2H3. The molecule has 3 rings (SSSR count). The van der Waals surface area contributed by atoms with Gasteiger partial charge in [-0.15, -0.1) is 0 Å². The molecule has 0 bridgehead atoms. The van der Waals surface area contributed by atoms with Crippen LogP contribution in [0, 0.1) is 5.92 Å². The molecule has 0 aliphatic carbocycles. The van der Waals surface area contributed by atoms with Crippen molar-refractivity contribution in [1.29, 1.82) is 0 Å². The van der Waals surface area contributed by atoms with Crippen molar-refractivity contribution < 1.29 is 9.47 Å². The number of nitrogens with zero attached hydrogens (tertiary/aromatic N) is 1. The Morgan fingerprint density at radius 1 is 1.05 bits per heavy atom. The second-order valence-electron chi connectivity index (χ2n) is 6.54. The zero-order chi connectivity index (χ0) is 15.4. The van der Waals surface area contributed by atoms with Crippen LogP contribution in [0.3, 0.4) is 0 Å². The van der Waals surface area contributed by atoms with Crippen molar-refractivity contribution in [3.05, 3.63) is 23.8 Å². The predicted molar refractivity (Wildman–Crippen MR) is 88.6 cm³/mol. The SMILES string of the molecule is COc1cc(CN2CCC(C3CCCN3)CC2)cc(OC)c1. The Morgan fingerprint density at radius 2 is 1.73 bits per heavy atom. The summed E-state index contributed by atoms with van der Waals surface area (Å²) in [6, 6.07) is 6.95. The number of benzene rings is 1. The Labute approximate surface area is 133 Å². The summed E-state index contributed by atoms with van der Waals surface area (Å²) in [4.78, 5) is 2.56. The summed E-state index contributed by atoms with van der Waals surface area (Å²) < 4.78 is 10.7. The normalized spacial score (nSPS) is 23.6. The molecular formula is C18H28N2O2. The van der Waals surface area contributed by atoms with E-state index < -0.39 is 0 Å². The van der Waals surface area contributed by atoms with Gasteiger partial charge >= 0.3 is 0 Å². The quantitative estimate of drug-likeness (QED) is 0.907. The van der Waals surface area contributed by atoms with E-state index in [2.05, 4.69) is 22.3 Å². The van der Waals surface area contributed by atoms with Crippen molar-refractivity contribution in [1.82, 2.24) is 10.2 Å². The number of hydrogen-bond acceptors (Lipinski definition) is 4. The van der Waals surface area contributed by atoms with E-state index in [1.165, 1.54) is 50.9 Å². The van der Waals surface area contributed by atoms with E-state index in [9.17, 15) is 0 Å². The summed E-state index contributed by atoms with van der Waals surface area (Å²) in [5.41, 5.74) is 1.27. The summed E-state index contributed by atoms with van der Waals surface area (Å²) in [6.45, 7) is 4.59. The Balaban J connectivity index is 1.56. The van der Waals surface area contributed by atoms with Gasteiger partial charge in [-0.2, -0.15) is 0 Å². The molecule has 0 spiro atoms. The molecule has 0 amide bonds. The predicted octanol–water partition coefficient (Wildman–Crippen LogP) is 2.67. The molecule has 1 aromatic rings. The van der Waals surface area contributed by atoms with Gasteiger partial charge in [-0.25, -0.2) is 0 Å². The first-order chi connectivity index (χ1) is 10.8. The van der Waals surface area contributed by atoms with Crippen LogP contribution < -0.4 is 14.8 Å². The minimum atomic E-state index is 0.777. The van der Waals surface area contributed by atoms with E-state index in [1.54, 1.807) is 14.2 Å². The molecule has 2 aliphatic heterocycles. The molecule has 2 saturated heterocycles. The lowest BCUT2D eigenvalue weighted by Gasteiger charge is -2.35. The molecule has 2 aliphatic rings. The van der Waals surface area contributed by atoms with Crippen LogP contribution in [0.4, 0.5) is 0 Å². The smallest absolute Gasteiger partial charge is 0.122 e. The van der Waals surface area contributed by atoms with Crippen LogP contribution in [0.2, 0.25) is 0 Å². The summed E-state index contributed by atoms with van der Waals surface area (Å²) in [5, 5.41) is 3.67. The van der Waals surface area contributed by atoms with E-state index in [-0.39, 0.29) is 0 Å². The lowest BCUT2D eigenvalue weighted by molar-refractivity contribution is 0.157. The summed E-state index contributed by atoms with van der Waals surface area (Å²) in [6.07, 6.45) is 5.36. The van der Waals surface area contributed by atoms with Crippen LogP contribution in [-0.2, 0) is 6.54 Å². The zero-order valence-electron chi connectivity index (χ0n) is 13.8. The van der Waals surface area contributed by atoms with Gasteiger partial charge in [0.2, 0.25) is 0 Å². The Hall–Kier alpha value is -1.26. The highest BCUT2D eigenvalue weighted by Gasteiger charge is 2.28. The topological polar surface area (TPSA) is 33.7 Å². The third-order valence-corrected chi connectivity index (χ3v) is 5.12. The lowest BCUT2D eigenvalue weighted by atomic mass is 9.88. The molecule has 4 nitrogen and oxygen atoms in total. The van der Waals surface area contributed by atoms with Crippen LogP contribution in [0.1, 0.15) is 31.2 Å². The molecule has 1 N–H and O–H groups in total. The van der Waals surface area contributed by atoms with Gasteiger partial charge in [0.15, 0.2) is 0 Å². The van der Waals surface area contributed by atoms with Gasteiger partial charge in [-0.05, 0) is 68.9 Å². The Morgan fingerprint density at radius 3 is 2.27 bits per heavy atom. The van der Waals surface area contributed by atoms with Crippen molar-refractivity contribution >= 4 is 0 Å². The summed E-state index contributed by atoms with van der Waals surface area (Å²) >= 11 is 0. The first-order valence-corrected chi connectivity index (χ1v) is 8.46. The van der Waals surface area contributed by atoms with Crippen LogP contribution in [0.15, 0.2) is 18.2 Å². The fourth-order valence-electron chi connectivity index (χ4n) is 3.84. The molecule has 1 aromatic carbocycles. The lowest BCUT2D eigenvalue weighted by Crippen LogP contribution is -2.40. The number of nitrogens with one attached hydrogen (secondary N) is 1. The highest BCUT2D eigenvalue weighted by Crippen LogP contribution is 2.28. The summed E-state index contributed by atoms with van der Waals surface area (Å²) in [7, 11) is 3.41. The number of likely N-dealkylation sites (tertiary alicyclic amines) is 1. The maximum atomic E-state index is 5.36. The molecule has 0 saturated carbocycles. The van der Waals surface area contributed by atoms with E-state index in [1.807, 2.05) is 6.07 Å². The van der Waals surface area contributed by atoms with Crippen molar-refractivity contribution in [2.75, 3.05) is 33.9 Å². The third-order valence-electron chi connectivity index (χ3n) is 5.12. The number of rotatable bonds is 5. The molecule has 4 heteroatoms. The number of piperidine rings is 1. The van der Waals surface area contributed by atoms with Crippen molar-refractivity contribution in [3.8, 4) is 11.5 Å². The molecular weight excluding hydrogens is 276 g/mol. The third kappa shape index (κ3) is 3.73. The molecule has 0 aromatic heterocycles. The van der Waals surface area contributed by atoms with Gasteiger partial charge in [0.05, 0.1) is 14.2 Å². The van der Waals surface area contributed by atoms with Crippen molar-refractivity contribution in [2.24, 2.45) is 5.92 Å². The average molecular weight is 304 g/mol. The van der Waals surface area contributed by atoms with Gasteiger partial charge in [-0.3, -0.25) is 4.90 Å². The van der Waals surface area contributed by atoms with Gasteiger partial charge in [0, 0.05) is 18.7 Å².